The van der Waals surface area contributed by atoms with E-state index in [0.717, 1.165) is 29.9 Å². The largest absolute Gasteiger partial charge is 0.326 e. The molecule has 0 unspecified atom stereocenters. The molecule has 0 saturated carbocycles. The van der Waals surface area contributed by atoms with Crippen LogP contribution in [0.5, 0.6) is 0 Å². The zero-order chi connectivity index (χ0) is 15.0. The molecule has 1 aliphatic carbocycles. The third-order valence-corrected chi connectivity index (χ3v) is 4.15. The molecule has 3 rings (SSSR count). The number of fused-ring (bicyclic) bond motifs is 1. The predicted molar refractivity (Wildman–Crippen MR) is 84.6 cm³/mol. The summed E-state index contributed by atoms with van der Waals surface area (Å²) in [6, 6.07) is 4.21. The first-order valence-electron chi connectivity index (χ1n) is 7.76. The van der Waals surface area contributed by atoms with Crippen LogP contribution in [0.4, 0.5) is 0 Å². The fourth-order valence-corrected chi connectivity index (χ4v) is 2.86. The zero-order valence-electron chi connectivity index (χ0n) is 13.2. The second kappa shape index (κ2) is 5.26. The van der Waals surface area contributed by atoms with E-state index in [9.17, 15) is 0 Å². The van der Waals surface area contributed by atoms with Crippen molar-refractivity contribution in [2.75, 3.05) is 0 Å². The van der Waals surface area contributed by atoms with Crippen LogP contribution in [0.15, 0.2) is 18.5 Å². The van der Waals surface area contributed by atoms with Crippen molar-refractivity contribution in [1.82, 2.24) is 14.5 Å². The lowest BCUT2D eigenvalue weighted by molar-refractivity contribution is 0.565. The minimum Gasteiger partial charge on any atom is -0.326 e. The van der Waals surface area contributed by atoms with E-state index in [4.69, 9.17) is 10.7 Å². The Balaban J connectivity index is 2.12. The molecule has 4 heteroatoms. The molecule has 0 fully saturated rings. The lowest BCUT2D eigenvalue weighted by Crippen LogP contribution is -2.17. The molecule has 112 valence electrons. The number of imidazole rings is 1. The molecule has 2 aromatic heterocycles. The van der Waals surface area contributed by atoms with Gasteiger partial charge in [0.25, 0.3) is 0 Å². The summed E-state index contributed by atoms with van der Waals surface area (Å²) in [5.74, 6) is 0.957. The van der Waals surface area contributed by atoms with Gasteiger partial charge >= 0.3 is 0 Å². The van der Waals surface area contributed by atoms with E-state index in [-0.39, 0.29) is 5.41 Å². The first kappa shape index (κ1) is 14.3. The van der Waals surface area contributed by atoms with Gasteiger partial charge in [0.05, 0.1) is 5.69 Å². The van der Waals surface area contributed by atoms with Crippen LogP contribution in [0.3, 0.4) is 0 Å². The first-order chi connectivity index (χ1) is 9.99. The third kappa shape index (κ3) is 2.72. The maximum absolute atomic E-state index is 5.87. The van der Waals surface area contributed by atoms with Crippen LogP contribution in [-0.2, 0) is 24.8 Å². The first-order valence-corrected chi connectivity index (χ1v) is 7.76. The standard InChI is InChI=1S/C17H24N4/c1-17(2,3)15-8-12(10-18)9-16(20-15)21-11-19-13-6-4-5-7-14(13)21/h8-9,11H,4-7,10,18H2,1-3H3. The summed E-state index contributed by atoms with van der Waals surface area (Å²) in [4.78, 5) is 9.44. The molecular weight excluding hydrogens is 260 g/mol. The van der Waals surface area contributed by atoms with E-state index >= 15 is 0 Å². The fraction of sp³-hybridized carbons (Fsp3) is 0.529. The normalized spacial score (nSPS) is 15.0. The Hall–Kier alpha value is -1.68. The second-order valence-electron chi connectivity index (χ2n) is 6.89. The number of aromatic nitrogens is 3. The maximum Gasteiger partial charge on any atom is 0.138 e. The highest BCUT2D eigenvalue weighted by atomic mass is 15.1. The van der Waals surface area contributed by atoms with Crippen molar-refractivity contribution >= 4 is 0 Å². The van der Waals surface area contributed by atoms with E-state index in [0.29, 0.717) is 6.54 Å². The summed E-state index contributed by atoms with van der Waals surface area (Å²) in [6.45, 7) is 7.09. The summed E-state index contributed by atoms with van der Waals surface area (Å²) < 4.78 is 2.16. The zero-order valence-corrected chi connectivity index (χ0v) is 13.2. The van der Waals surface area contributed by atoms with Crippen LogP contribution >= 0.6 is 0 Å². The van der Waals surface area contributed by atoms with Crippen LogP contribution in [-0.4, -0.2) is 14.5 Å². The van der Waals surface area contributed by atoms with E-state index < -0.39 is 0 Å². The molecule has 2 heterocycles. The summed E-state index contributed by atoms with van der Waals surface area (Å²) in [5, 5.41) is 0. The van der Waals surface area contributed by atoms with Crippen molar-refractivity contribution in [1.29, 1.82) is 0 Å². The van der Waals surface area contributed by atoms with Crippen LogP contribution in [0.1, 0.15) is 56.3 Å². The predicted octanol–water partition coefficient (Wildman–Crippen LogP) is 2.90. The van der Waals surface area contributed by atoms with Crippen molar-refractivity contribution in [3.8, 4) is 5.82 Å². The molecule has 2 N–H and O–H groups in total. The molecule has 1 aliphatic rings. The van der Waals surface area contributed by atoms with Gasteiger partial charge in [-0.1, -0.05) is 20.8 Å². The van der Waals surface area contributed by atoms with Gasteiger partial charge in [-0.25, -0.2) is 9.97 Å². The molecule has 0 spiro atoms. The average molecular weight is 284 g/mol. The molecule has 0 saturated heterocycles. The molecule has 0 atom stereocenters. The van der Waals surface area contributed by atoms with Crippen molar-refractivity contribution < 1.29 is 0 Å². The number of hydrogen-bond donors (Lipinski definition) is 1. The van der Waals surface area contributed by atoms with Crippen molar-refractivity contribution in [2.24, 2.45) is 5.73 Å². The van der Waals surface area contributed by atoms with Crippen molar-refractivity contribution in [3.05, 3.63) is 41.1 Å². The molecule has 2 aromatic rings. The number of aryl methyl sites for hydroxylation is 1. The molecule has 0 radical (unpaired) electrons. The fourth-order valence-electron chi connectivity index (χ4n) is 2.86. The van der Waals surface area contributed by atoms with Crippen LogP contribution in [0.25, 0.3) is 5.82 Å². The summed E-state index contributed by atoms with van der Waals surface area (Å²) in [6.07, 6.45) is 6.58. The molecule has 0 aromatic carbocycles. The van der Waals surface area contributed by atoms with Crippen LogP contribution in [0, 0.1) is 0 Å². The highest BCUT2D eigenvalue weighted by Crippen LogP contribution is 2.26. The van der Waals surface area contributed by atoms with E-state index in [1.165, 1.54) is 24.2 Å². The lowest BCUT2D eigenvalue weighted by atomic mass is 9.90. The summed E-state index contributed by atoms with van der Waals surface area (Å²) in [7, 11) is 0. The van der Waals surface area contributed by atoms with E-state index in [1.807, 2.05) is 6.33 Å². The van der Waals surface area contributed by atoms with Crippen molar-refractivity contribution in [3.63, 3.8) is 0 Å². The van der Waals surface area contributed by atoms with Gasteiger partial charge < -0.3 is 5.73 Å². The van der Waals surface area contributed by atoms with Gasteiger partial charge in [0, 0.05) is 23.3 Å². The number of nitrogens with zero attached hydrogens (tertiary/aromatic N) is 3. The van der Waals surface area contributed by atoms with Gasteiger partial charge in [-0.05, 0) is 43.4 Å². The van der Waals surface area contributed by atoms with Crippen LogP contribution < -0.4 is 5.73 Å². The lowest BCUT2D eigenvalue weighted by Gasteiger charge is -2.21. The van der Waals surface area contributed by atoms with Gasteiger partial charge in [0.15, 0.2) is 0 Å². The SMILES string of the molecule is CC(C)(C)c1cc(CN)cc(-n2cnc3c2CCCC3)n1. The number of rotatable bonds is 2. The van der Waals surface area contributed by atoms with Gasteiger partial charge in [-0.3, -0.25) is 4.57 Å². The highest BCUT2D eigenvalue weighted by Gasteiger charge is 2.20. The number of pyridine rings is 1. The minimum atomic E-state index is 0.0145. The van der Waals surface area contributed by atoms with Gasteiger partial charge in [-0.2, -0.15) is 0 Å². The maximum atomic E-state index is 5.87. The molecule has 0 bridgehead atoms. The Morgan fingerprint density at radius 1 is 1.19 bits per heavy atom. The van der Waals surface area contributed by atoms with Crippen LogP contribution in [0.2, 0.25) is 0 Å². The summed E-state index contributed by atoms with van der Waals surface area (Å²) in [5.41, 5.74) is 10.7. The van der Waals surface area contributed by atoms with Crippen molar-refractivity contribution in [2.45, 2.75) is 58.4 Å². The Labute approximate surface area is 126 Å². The number of nitrogens with two attached hydrogens (primary N) is 1. The Bertz CT molecular complexity index is 649. The molecule has 0 amide bonds. The Morgan fingerprint density at radius 2 is 1.95 bits per heavy atom. The van der Waals surface area contributed by atoms with E-state index in [1.54, 1.807) is 0 Å². The third-order valence-electron chi connectivity index (χ3n) is 4.15. The molecular formula is C17H24N4. The monoisotopic (exact) mass is 284 g/mol. The number of hydrogen-bond acceptors (Lipinski definition) is 3. The second-order valence-corrected chi connectivity index (χ2v) is 6.89. The topological polar surface area (TPSA) is 56.7 Å². The van der Waals surface area contributed by atoms with E-state index in [2.05, 4.69) is 42.5 Å². The highest BCUT2D eigenvalue weighted by molar-refractivity contribution is 5.36. The Kier molecular flexibility index (Phi) is 3.57. The van der Waals surface area contributed by atoms with Gasteiger partial charge in [-0.15, -0.1) is 0 Å². The van der Waals surface area contributed by atoms with Gasteiger partial charge in [0.2, 0.25) is 0 Å². The molecule has 21 heavy (non-hydrogen) atoms. The van der Waals surface area contributed by atoms with Gasteiger partial charge in [0.1, 0.15) is 12.1 Å². The quantitative estimate of drug-likeness (QED) is 0.922. The Morgan fingerprint density at radius 3 is 2.67 bits per heavy atom. The smallest absolute Gasteiger partial charge is 0.138 e. The molecule has 0 aliphatic heterocycles. The summed E-state index contributed by atoms with van der Waals surface area (Å²) >= 11 is 0. The minimum absolute atomic E-state index is 0.0145. The molecule has 4 nitrogen and oxygen atoms in total. The average Bonchev–Trinajstić information content (AvgIpc) is 2.89.